The predicted molar refractivity (Wildman–Crippen MR) is 132 cm³/mol. The minimum Gasteiger partial charge on any atom is -0.481 e. The molecular weight excluding hydrogens is 445 g/mol. The van der Waals surface area contributed by atoms with Gasteiger partial charge in [-0.2, -0.15) is 5.10 Å². The molecule has 0 bridgehead atoms. The fourth-order valence-electron chi connectivity index (χ4n) is 6.28. The molecule has 2 aliphatic rings. The Morgan fingerprint density at radius 3 is 2.69 bits per heavy atom. The van der Waals surface area contributed by atoms with Crippen LogP contribution in [0.25, 0.3) is 27.5 Å². The molecule has 7 heteroatoms. The van der Waals surface area contributed by atoms with Gasteiger partial charge in [-0.05, 0) is 85.9 Å². The van der Waals surface area contributed by atoms with Gasteiger partial charge in [0.2, 0.25) is 0 Å². The van der Waals surface area contributed by atoms with E-state index in [9.17, 15) is 14.3 Å². The maximum absolute atomic E-state index is 13.8. The van der Waals surface area contributed by atoms with Gasteiger partial charge < -0.3 is 14.4 Å². The molecule has 0 unspecified atom stereocenters. The summed E-state index contributed by atoms with van der Waals surface area (Å²) < 4.78 is 21.9. The number of nitrogens with one attached hydrogen (secondary N) is 1. The first-order chi connectivity index (χ1) is 16.9. The predicted octanol–water partition coefficient (Wildman–Crippen LogP) is 5.97. The number of carboxylic acid groups (broad SMARTS) is 1. The number of aromatic nitrogens is 3. The summed E-state index contributed by atoms with van der Waals surface area (Å²) in [5.41, 5.74) is 5.69. The monoisotopic (exact) mass is 475 g/mol. The summed E-state index contributed by atoms with van der Waals surface area (Å²) in [6.07, 6.45) is 7.01. The standard InChI is InChI=1S/C28H30FN3O3/c1-28(14-19(15-28)27(33)34)9-6-22-23-13-24-18(16-30-31-24)12-25(23)32(21-4-2-20(29)3-5-21)26(22)17-7-10-35-11-8-17/h2-5,12-13,16-17,19H,6-11,14-15H2,1H3,(H,30,31)(H,33,34)/t19-,28-. The quantitative estimate of drug-likeness (QED) is 0.360. The Labute approximate surface area is 203 Å². The van der Waals surface area contributed by atoms with Gasteiger partial charge in [-0.15, -0.1) is 0 Å². The largest absolute Gasteiger partial charge is 0.481 e. The van der Waals surface area contributed by atoms with Gasteiger partial charge in [-0.1, -0.05) is 6.92 Å². The molecule has 35 heavy (non-hydrogen) atoms. The van der Waals surface area contributed by atoms with Crippen molar-refractivity contribution in [3.8, 4) is 5.69 Å². The number of hydrogen-bond acceptors (Lipinski definition) is 3. The third-order valence-corrected chi connectivity index (χ3v) is 8.17. The fourth-order valence-corrected chi connectivity index (χ4v) is 6.28. The molecule has 2 N–H and O–H groups in total. The molecule has 0 radical (unpaired) electrons. The Hall–Kier alpha value is -3.19. The molecule has 182 valence electrons. The second-order valence-corrected chi connectivity index (χ2v) is 10.6. The van der Waals surface area contributed by atoms with Gasteiger partial charge in [0.25, 0.3) is 0 Å². The average molecular weight is 476 g/mol. The lowest BCUT2D eigenvalue weighted by Crippen LogP contribution is -2.39. The Morgan fingerprint density at radius 1 is 1.23 bits per heavy atom. The molecule has 3 heterocycles. The molecule has 6 nitrogen and oxygen atoms in total. The van der Waals surface area contributed by atoms with Crippen molar-refractivity contribution in [2.24, 2.45) is 11.3 Å². The number of nitrogens with zero attached hydrogens (tertiary/aromatic N) is 2. The van der Waals surface area contributed by atoms with Crippen LogP contribution in [0.5, 0.6) is 0 Å². The zero-order valence-corrected chi connectivity index (χ0v) is 19.9. The number of benzene rings is 2. The van der Waals surface area contributed by atoms with Gasteiger partial charge >= 0.3 is 5.97 Å². The van der Waals surface area contributed by atoms with Crippen LogP contribution in [0, 0.1) is 17.2 Å². The number of ether oxygens (including phenoxy) is 1. The highest BCUT2D eigenvalue weighted by Gasteiger charge is 2.43. The number of halogens is 1. The highest BCUT2D eigenvalue weighted by Crippen LogP contribution is 2.50. The van der Waals surface area contributed by atoms with E-state index < -0.39 is 5.97 Å². The molecule has 0 spiro atoms. The third-order valence-electron chi connectivity index (χ3n) is 8.17. The van der Waals surface area contributed by atoms with E-state index in [1.807, 2.05) is 18.3 Å². The third kappa shape index (κ3) is 3.92. The molecule has 2 fully saturated rings. The normalized spacial score (nSPS) is 23.1. The van der Waals surface area contributed by atoms with Crippen LogP contribution in [0.3, 0.4) is 0 Å². The molecule has 1 aliphatic heterocycles. The Balaban J connectivity index is 1.51. The molecule has 6 rings (SSSR count). The number of aliphatic carboxylic acids is 1. The van der Waals surface area contributed by atoms with Crippen LogP contribution in [0.1, 0.15) is 56.2 Å². The summed E-state index contributed by atoms with van der Waals surface area (Å²) in [6, 6.07) is 11.1. The van der Waals surface area contributed by atoms with E-state index in [1.54, 1.807) is 0 Å². The Kier molecular flexibility index (Phi) is 5.40. The first kappa shape index (κ1) is 22.3. The summed E-state index contributed by atoms with van der Waals surface area (Å²) in [4.78, 5) is 11.4. The van der Waals surface area contributed by atoms with E-state index in [1.165, 1.54) is 28.8 Å². The van der Waals surface area contributed by atoms with Crippen molar-refractivity contribution >= 4 is 27.8 Å². The van der Waals surface area contributed by atoms with Crippen molar-refractivity contribution in [2.45, 2.75) is 51.4 Å². The van der Waals surface area contributed by atoms with Crippen molar-refractivity contribution in [1.29, 1.82) is 0 Å². The molecule has 1 saturated carbocycles. The minimum absolute atomic E-state index is 0.0401. The molecule has 1 aliphatic carbocycles. The molecule has 4 aromatic rings. The zero-order valence-electron chi connectivity index (χ0n) is 19.9. The second-order valence-electron chi connectivity index (χ2n) is 10.6. The number of carbonyl (C=O) groups is 1. The maximum Gasteiger partial charge on any atom is 0.306 e. The lowest BCUT2D eigenvalue weighted by atomic mass is 9.61. The van der Waals surface area contributed by atoms with Gasteiger partial charge in [0, 0.05) is 41.3 Å². The van der Waals surface area contributed by atoms with Gasteiger partial charge in [-0.3, -0.25) is 9.89 Å². The van der Waals surface area contributed by atoms with Crippen LogP contribution in [0.4, 0.5) is 4.39 Å². The summed E-state index contributed by atoms with van der Waals surface area (Å²) >= 11 is 0. The lowest BCUT2D eigenvalue weighted by molar-refractivity contribution is -0.149. The molecular formula is C28H30FN3O3. The smallest absolute Gasteiger partial charge is 0.306 e. The van der Waals surface area contributed by atoms with E-state index in [4.69, 9.17) is 4.74 Å². The Morgan fingerprint density at radius 2 is 1.97 bits per heavy atom. The topological polar surface area (TPSA) is 80.1 Å². The van der Waals surface area contributed by atoms with Crippen LogP contribution in [0.2, 0.25) is 0 Å². The fraction of sp³-hybridized carbons (Fsp3) is 0.429. The highest BCUT2D eigenvalue weighted by molar-refractivity contribution is 5.98. The maximum atomic E-state index is 13.8. The second kappa shape index (κ2) is 8.48. The number of H-pyrrole nitrogens is 1. The first-order valence-corrected chi connectivity index (χ1v) is 12.5. The van der Waals surface area contributed by atoms with Gasteiger partial charge in [0.05, 0.1) is 23.1 Å². The van der Waals surface area contributed by atoms with Crippen molar-refractivity contribution in [3.05, 3.63) is 59.7 Å². The van der Waals surface area contributed by atoms with Crippen LogP contribution >= 0.6 is 0 Å². The number of carboxylic acids is 1. The number of aryl methyl sites for hydroxylation is 1. The van der Waals surface area contributed by atoms with Gasteiger partial charge in [-0.25, -0.2) is 4.39 Å². The average Bonchev–Trinajstić information content (AvgIpc) is 3.42. The Bertz CT molecular complexity index is 1390. The molecule has 2 aromatic carbocycles. The van der Waals surface area contributed by atoms with Gasteiger partial charge in [0.15, 0.2) is 0 Å². The zero-order chi connectivity index (χ0) is 24.2. The molecule has 2 aromatic heterocycles. The highest BCUT2D eigenvalue weighted by atomic mass is 19.1. The summed E-state index contributed by atoms with van der Waals surface area (Å²) in [6.45, 7) is 3.68. The minimum atomic E-state index is -0.681. The number of rotatable bonds is 6. The number of fused-ring (bicyclic) bond motifs is 2. The summed E-state index contributed by atoms with van der Waals surface area (Å²) in [5, 5.41) is 19.0. The van der Waals surface area contributed by atoms with Crippen LogP contribution in [0.15, 0.2) is 42.6 Å². The van der Waals surface area contributed by atoms with Crippen LogP contribution in [-0.2, 0) is 16.0 Å². The van der Waals surface area contributed by atoms with Crippen LogP contribution in [-0.4, -0.2) is 39.1 Å². The number of hydrogen-bond donors (Lipinski definition) is 2. The van der Waals surface area contributed by atoms with Crippen molar-refractivity contribution in [1.82, 2.24) is 14.8 Å². The van der Waals surface area contributed by atoms with E-state index in [2.05, 4.69) is 33.8 Å². The van der Waals surface area contributed by atoms with E-state index in [0.717, 1.165) is 73.8 Å². The van der Waals surface area contributed by atoms with E-state index >= 15 is 0 Å². The van der Waals surface area contributed by atoms with Gasteiger partial charge in [0.1, 0.15) is 5.82 Å². The SMILES string of the molecule is C[C@]1(CCc2c(C3CCOCC3)n(-c3ccc(F)cc3)c3cc4cn[nH]c4cc23)C[C@H](C(=O)O)C1. The molecule has 0 amide bonds. The van der Waals surface area contributed by atoms with E-state index in [-0.39, 0.29) is 17.2 Å². The molecule has 1 saturated heterocycles. The van der Waals surface area contributed by atoms with Crippen molar-refractivity contribution < 1.29 is 19.0 Å². The lowest BCUT2D eigenvalue weighted by Gasteiger charge is -2.43. The molecule has 0 atom stereocenters. The van der Waals surface area contributed by atoms with E-state index in [0.29, 0.717) is 5.92 Å². The summed E-state index contributed by atoms with van der Waals surface area (Å²) in [5.74, 6) is -0.810. The van der Waals surface area contributed by atoms with Crippen LogP contribution < -0.4 is 0 Å². The van der Waals surface area contributed by atoms with Crippen molar-refractivity contribution in [3.63, 3.8) is 0 Å². The number of aromatic amines is 1. The summed E-state index contributed by atoms with van der Waals surface area (Å²) in [7, 11) is 0. The van der Waals surface area contributed by atoms with Crippen molar-refractivity contribution in [2.75, 3.05) is 13.2 Å². The first-order valence-electron chi connectivity index (χ1n) is 12.5.